The third-order valence-electron chi connectivity index (χ3n) is 6.56. The highest BCUT2D eigenvalue weighted by molar-refractivity contribution is 7.90. The van der Waals surface area contributed by atoms with Gasteiger partial charge in [-0.2, -0.15) is 5.26 Å². The Morgan fingerprint density at radius 2 is 2.06 bits per heavy atom. The molecule has 2 heterocycles. The zero-order chi connectivity index (χ0) is 24.0. The van der Waals surface area contributed by atoms with Crippen LogP contribution in [0.25, 0.3) is 10.9 Å². The first-order valence-corrected chi connectivity index (χ1v) is 12.6. The molecule has 174 valence electrons. The number of hydrogen-bond acceptors (Lipinski definition) is 5. The molecule has 33 heavy (non-hydrogen) atoms. The molecule has 0 amide bonds. The second kappa shape index (κ2) is 8.15. The zero-order valence-corrected chi connectivity index (χ0v) is 19.7. The molecule has 2 unspecified atom stereocenters. The highest BCUT2D eigenvalue weighted by Gasteiger charge is 2.42. The van der Waals surface area contributed by atoms with E-state index >= 15 is 0 Å². The number of nitrogens with zero attached hydrogens (tertiary/aromatic N) is 1. The van der Waals surface area contributed by atoms with Crippen molar-refractivity contribution in [1.82, 2.24) is 4.98 Å². The first-order chi connectivity index (χ1) is 15.5. The van der Waals surface area contributed by atoms with Crippen molar-refractivity contribution in [3.05, 3.63) is 58.8 Å². The number of aromatic amines is 1. The van der Waals surface area contributed by atoms with Gasteiger partial charge in [0.25, 0.3) is 0 Å². The lowest BCUT2D eigenvalue weighted by molar-refractivity contribution is -0.0171. The molecule has 1 aromatic heterocycles. The van der Waals surface area contributed by atoms with Crippen LogP contribution in [0.5, 0.6) is 5.75 Å². The molecule has 1 aliphatic heterocycles. The molecular weight excluding hydrogens is 443 g/mol. The lowest BCUT2D eigenvalue weighted by Crippen LogP contribution is -2.44. The van der Waals surface area contributed by atoms with Crippen molar-refractivity contribution in [3.8, 4) is 11.8 Å². The van der Waals surface area contributed by atoms with Crippen LogP contribution >= 0.6 is 0 Å². The Hall–Kier alpha value is -2.89. The van der Waals surface area contributed by atoms with E-state index in [2.05, 4.69) is 11.1 Å². The van der Waals surface area contributed by atoms with Crippen LogP contribution in [-0.2, 0) is 21.7 Å². The fourth-order valence-corrected chi connectivity index (χ4v) is 5.56. The van der Waals surface area contributed by atoms with Crippen molar-refractivity contribution < 1.29 is 22.7 Å². The summed E-state index contributed by atoms with van der Waals surface area (Å²) in [5.41, 5.74) is 1.21. The highest BCUT2D eigenvalue weighted by Crippen LogP contribution is 2.45. The lowest BCUT2D eigenvalue weighted by Gasteiger charge is -2.41. The Balaban J connectivity index is 1.68. The topological polar surface area (TPSA) is 103 Å². The molecule has 1 aliphatic rings. The minimum absolute atomic E-state index is 0.0526. The van der Waals surface area contributed by atoms with Crippen LogP contribution in [0.3, 0.4) is 0 Å². The molecule has 0 aliphatic carbocycles. The van der Waals surface area contributed by atoms with E-state index in [1.165, 1.54) is 6.07 Å². The van der Waals surface area contributed by atoms with Gasteiger partial charge in [0.1, 0.15) is 12.4 Å². The normalized spacial score (nSPS) is 20.0. The highest BCUT2D eigenvalue weighted by atomic mass is 32.2. The standard InChI is InChI=1S/C25H27FN2O4S/c1-16-8-17(13-27)9-22-20(16)10-18(28-22)12-25(29,15-26)14-24(2)6-7-32-23-5-4-19(11-21(23)24)33(3,30)31/h4-5,8-11,28-29H,6-7,12,14-15H2,1-3H3. The van der Waals surface area contributed by atoms with Crippen LogP contribution in [0, 0.1) is 18.3 Å². The first kappa shape index (κ1) is 23.3. The molecule has 2 N–H and O–H groups in total. The summed E-state index contributed by atoms with van der Waals surface area (Å²) in [5.74, 6) is 0.558. The Kier molecular flexibility index (Phi) is 5.75. The average molecular weight is 471 g/mol. The van der Waals surface area contributed by atoms with Gasteiger partial charge in [-0.25, -0.2) is 12.8 Å². The molecule has 8 heteroatoms. The van der Waals surface area contributed by atoms with Gasteiger partial charge >= 0.3 is 0 Å². The number of benzene rings is 2. The van der Waals surface area contributed by atoms with E-state index in [-0.39, 0.29) is 17.7 Å². The van der Waals surface area contributed by atoms with Gasteiger partial charge in [0.15, 0.2) is 9.84 Å². The number of rotatable bonds is 6. The number of H-pyrrole nitrogens is 1. The molecule has 4 rings (SSSR count). The summed E-state index contributed by atoms with van der Waals surface area (Å²) in [4.78, 5) is 3.39. The Labute approximate surface area is 192 Å². The first-order valence-electron chi connectivity index (χ1n) is 10.7. The maximum atomic E-state index is 14.3. The van der Waals surface area contributed by atoms with Crippen LogP contribution in [0.4, 0.5) is 4.39 Å². The van der Waals surface area contributed by atoms with E-state index in [4.69, 9.17) is 4.74 Å². The third-order valence-corrected chi connectivity index (χ3v) is 7.67. The fraction of sp³-hybridized carbons (Fsp3) is 0.400. The van der Waals surface area contributed by atoms with Gasteiger partial charge in [0.2, 0.25) is 0 Å². The quantitative estimate of drug-likeness (QED) is 0.564. The largest absolute Gasteiger partial charge is 0.493 e. The predicted molar refractivity (Wildman–Crippen MR) is 124 cm³/mol. The Bertz CT molecular complexity index is 1380. The van der Waals surface area contributed by atoms with Gasteiger partial charge in [-0.05, 0) is 61.7 Å². The zero-order valence-electron chi connectivity index (χ0n) is 18.9. The molecule has 0 fully saturated rings. The SMILES string of the molecule is Cc1cc(C#N)cc2[nH]c(CC(O)(CF)CC3(C)CCOc4ccc(S(C)(=O)=O)cc43)cc12. The molecule has 0 spiro atoms. The maximum absolute atomic E-state index is 14.3. The second-order valence-electron chi connectivity index (χ2n) is 9.46. The van der Waals surface area contributed by atoms with E-state index in [0.29, 0.717) is 35.6 Å². The summed E-state index contributed by atoms with van der Waals surface area (Å²) >= 11 is 0. The monoisotopic (exact) mass is 470 g/mol. The van der Waals surface area contributed by atoms with E-state index in [0.717, 1.165) is 22.7 Å². The van der Waals surface area contributed by atoms with Gasteiger partial charge in [0.05, 0.1) is 28.7 Å². The van der Waals surface area contributed by atoms with Gasteiger partial charge in [0, 0.05) is 40.3 Å². The van der Waals surface area contributed by atoms with Crippen molar-refractivity contribution in [2.75, 3.05) is 19.5 Å². The van der Waals surface area contributed by atoms with Gasteiger partial charge < -0.3 is 14.8 Å². The molecule has 6 nitrogen and oxygen atoms in total. The number of aryl methyl sites for hydroxylation is 1. The third kappa shape index (κ3) is 4.48. The van der Waals surface area contributed by atoms with Gasteiger partial charge in [-0.1, -0.05) is 6.92 Å². The lowest BCUT2D eigenvalue weighted by atomic mass is 9.70. The molecule has 2 aromatic carbocycles. The number of halogens is 1. The number of hydrogen-bond donors (Lipinski definition) is 2. The molecular formula is C25H27FN2O4S. The molecule has 0 radical (unpaired) electrons. The van der Waals surface area contributed by atoms with Crippen LogP contribution in [0.1, 0.15) is 42.1 Å². The number of aliphatic hydroxyl groups is 1. The van der Waals surface area contributed by atoms with E-state index in [9.17, 15) is 23.2 Å². The van der Waals surface area contributed by atoms with E-state index in [1.807, 2.05) is 19.9 Å². The van der Waals surface area contributed by atoms with Crippen molar-refractivity contribution in [2.45, 2.75) is 49.0 Å². The molecule has 2 atom stereocenters. The molecule has 3 aromatic rings. The van der Waals surface area contributed by atoms with E-state index < -0.39 is 27.5 Å². The predicted octanol–water partition coefficient (Wildman–Crippen LogP) is 4.13. The smallest absolute Gasteiger partial charge is 0.175 e. The summed E-state index contributed by atoms with van der Waals surface area (Å²) in [6, 6.07) is 12.3. The number of sulfone groups is 1. The maximum Gasteiger partial charge on any atom is 0.175 e. The van der Waals surface area contributed by atoms with Crippen LogP contribution in [0.2, 0.25) is 0 Å². The van der Waals surface area contributed by atoms with Gasteiger partial charge in [-0.15, -0.1) is 0 Å². The second-order valence-corrected chi connectivity index (χ2v) is 11.5. The van der Waals surface area contributed by atoms with Crippen molar-refractivity contribution in [2.24, 2.45) is 0 Å². The van der Waals surface area contributed by atoms with Crippen LogP contribution in [-0.4, -0.2) is 43.6 Å². The molecule has 0 saturated heterocycles. The Morgan fingerprint density at radius 1 is 1.30 bits per heavy atom. The Morgan fingerprint density at radius 3 is 2.73 bits per heavy atom. The number of alkyl halides is 1. The van der Waals surface area contributed by atoms with E-state index in [1.54, 1.807) is 24.3 Å². The number of aromatic nitrogens is 1. The van der Waals surface area contributed by atoms with Crippen molar-refractivity contribution >= 4 is 20.7 Å². The van der Waals surface area contributed by atoms with Crippen molar-refractivity contribution in [3.63, 3.8) is 0 Å². The number of ether oxygens (including phenoxy) is 1. The summed E-state index contributed by atoms with van der Waals surface area (Å²) in [6.45, 7) is 3.26. The summed E-state index contributed by atoms with van der Waals surface area (Å²) < 4.78 is 44.2. The minimum Gasteiger partial charge on any atom is -0.493 e. The number of nitriles is 1. The summed E-state index contributed by atoms with van der Waals surface area (Å²) in [5, 5.41) is 21.5. The number of fused-ring (bicyclic) bond motifs is 2. The minimum atomic E-state index is -3.43. The summed E-state index contributed by atoms with van der Waals surface area (Å²) in [7, 11) is -3.43. The average Bonchev–Trinajstić information content (AvgIpc) is 3.15. The van der Waals surface area contributed by atoms with Crippen molar-refractivity contribution in [1.29, 1.82) is 5.26 Å². The van der Waals surface area contributed by atoms with Gasteiger partial charge in [-0.3, -0.25) is 0 Å². The fourth-order valence-electron chi connectivity index (χ4n) is 4.92. The van der Waals surface area contributed by atoms with Crippen LogP contribution in [0.15, 0.2) is 41.3 Å². The van der Waals surface area contributed by atoms with Crippen LogP contribution < -0.4 is 4.74 Å². The molecule has 0 saturated carbocycles. The number of nitrogens with one attached hydrogen (secondary N) is 1. The summed E-state index contributed by atoms with van der Waals surface area (Å²) in [6.07, 6.45) is 1.81. The molecule has 0 bridgehead atoms.